The first-order valence-corrected chi connectivity index (χ1v) is 6.89. The topological polar surface area (TPSA) is 46.6 Å². The van der Waals surface area contributed by atoms with Gasteiger partial charge in [-0.25, -0.2) is 4.98 Å². The standard InChI is InChI=1S/C14H23N3O2/c1-18-14-13(4-2-6-16-14)12-15-5-3-7-17-8-10-19-11-9-17/h2,4,6,15H,3,5,7-12H2,1H3. The summed E-state index contributed by atoms with van der Waals surface area (Å²) in [5.41, 5.74) is 1.11. The highest BCUT2D eigenvalue weighted by atomic mass is 16.5. The second-order valence-electron chi connectivity index (χ2n) is 4.66. The van der Waals surface area contributed by atoms with Crippen molar-refractivity contribution in [3.8, 4) is 5.88 Å². The molecule has 0 saturated carbocycles. The molecule has 2 heterocycles. The Morgan fingerprint density at radius 3 is 3.05 bits per heavy atom. The summed E-state index contributed by atoms with van der Waals surface area (Å²) in [7, 11) is 1.66. The van der Waals surface area contributed by atoms with Gasteiger partial charge in [0, 0.05) is 31.4 Å². The summed E-state index contributed by atoms with van der Waals surface area (Å²) in [4.78, 5) is 6.64. The summed E-state index contributed by atoms with van der Waals surface area (Å²) in [6.45, 7) is 6.84. The molecule has 1 aliphatic rings. The third-order valence-corrected chi connectivity index (χ3v) is 3.29. The van der Waals surface area contributed by atoms with Gasteiger partial charge in [-0.15, -0.1) is 0 Å². The predicted octanol–water partition coefficient (Wildman–Crippen LogP) is 0.902. The molecule has 0 aromatic carbocycles. The molecule has 0 bridgehead atoms. The number of nitrogens with zero attached hydrogens (tertiary/aromatic N) is 2. The van der Waals surface area contributed by atoms with Gasteiger partial charge >= 0.3 is 0 Å². The van der Waals surface area contributed by atoms with E-state index in [0.29, 0.717) is 5.88 Å². The van der Waals surface area contributed by atoms with Crippen molar-refractivity contribution in [2.75, 3.05) is 46.5 Å². The minimum atomic E-state index is 0.711. The van der Waals surface area contributed by atoms with Gasteiger partial charge in [-0.2, -0.15) is 0 Å². The molecule has 19 heavy (non-hydrogen) atoms. The van der Waals surface area contributed by atoms with Gasteiger partial charge in [0.05, 0.1) is 20.3 Å². The molecule has 0 radical (unpaired) electrons. The van der Waals surface area contributed by atoms with E-state index in [4.69, 9.17) is 9.47 Å². The highest BCUT2D eigenvalue weighted by molar-refractivity contribution is 5.24. The van der Waals surface area contributed by atoms with Gasteiger partial charge in [0.1, 0.15) is 0 Å². The number of hydrogen-bond donors (Lipinski definition) is 1. The van der Waals surface area contributed by atoms with Crippen LogP contribution in [0.2, 0.25) is 0 Å². The molecule has 0 amide bonds. The fourth-order valence-corrected chi connectivity index (χ4v) is 2.22. The molecule has 0 unspecified atom stereocenters. The number of methoxy groups -OCH3 is 1. The van der Waals surface area contributed by atoms with Crippen LogP contribution < -0.4 is 10.1 Å². The van der Waals surface area contributed by atoms with Crippen molar-refractivity contribution in [1.29, 1.82) is 0 Å². The second-order valence-corrected chi connectivity index (χ2v) is 4.66. The first-order chi connectivity index (χ1) is 9.40. The molecule has 0 spiro atoms. The van der Waals surface area contributed by atoms with E-state index >= 15 is 0 Å². The van der Waals surface area contributed by atoms with Crippen molar-refractivity contribution in [3.63, 3.8) is 0 Å². The lowest BCUT2D eigenvalue weighted by Crippen LogP contribution is -2.37. The van der Waals surface area contributed by atoms with Crippen molar-refractivity contribution in [1.82, 2.24) is 15.2 Å². The van der Waals surface area contributed by atoms with E-state index in [0.717, 1.165) is 57.9 Å². The summed E-state index contributed by atoms with van der Waals surface area (Å²) in [6, 6.07) is 3.98. The van der Waals surface area contributed by atoms with Crippen LogP contribution in [0.25, 0.3) is 0 Å². The maximum atomic E-state index is 5.33. The van der Waals surface area contributed by atoms with Gasteiger partial charge in [0.15, 0.2) is 0 Å². The van der Waals surface area contributed by atoms with Crippen LogP contribution in [0.1, 0.15) is 12.0 Å². The van der Waals surface area contributed by atoms with Crippen LogP contribution in [-0.2, 0) is 11.3 Å². The monoisotopic (exact) mass is 265 g/mol. The largest absolute Gasteiger partial charge is 0.481 e. The number of pyridine rings is 1. The molecule has 0 atom stereocenters. The minimum Gasteiger partial charge on any atom is -0.481 e. The van der Waals surface area contributed by atoms with E-state index in [9.17, 15) is 0 Å². The van der Waals surface area contributed by atoms with Gasteiger partial charge < -0.3 is 14.8 Å². The molecule has 2 rings (SSSR count). The Balaban J connectivity index is 1.61. The van der Waals surface area contributed by atoms with Crippen LogP contribution in [0.4, 0.5) is 0 Å². The average molecular weight is 265 g/mol. The summed E-state index contributed by atoms with van der Waals surface area (Å²) < 4.78 is 10.6. The fraction of sp³-hybridized carbons (Fsp3) is 0.643. The molecule has 5 heteroatoms. The van der Waals surface area contributed by atoms with Crippen molar-refractivity contribution < 1.29 is 9.47 Å². The molecule has 1 N–H and O–H groups in total. The lowest BCUT2D eigenvalue weighted by molar-refractivity contribution is 0.0374. The number of hydrogen-bond acceptors (Lipinski definition) is 5. The number of morpholine rings is 1. The van der Waals surface area contributed by atoms with Crippen LogP contribution in [0, 0.1) is 0 Å². The quantitative estimate of drug-likeness (QED) is 0.742. The molecule has 5 nitrogen and oxygen atoms in total. The van der Waals surface area contributed by atoms with E-state index in [1.807, 2.05) is 12.1 Å². The fourth-order valence-electron chi connectivity index (χ4n) is 2.22. The zero-order chi connectivity index (χ0) is 13.3. The number of rotatable bonds is 7. The van der Waals surface area contributed by atoms with E-state index in [1.165, 1.54) is 0 Å². The van der Waals surface area contributed by atoms with E-state index < -0.39 is 0 Å². The Morgan fingerprint density at radius 1 is 1.42 bits per heavy atom. The molecule has 1 aromatic rings. The zero-order valence-corrected chi connectivity index (χ0v) is 11.6. The Bertz CT molecular complexity index is 367. The second kappa shape index (κ2) is 8.09. The maximum Gasteiger partial charge on any atom is 0.217 e. The smallest absolute Gasteiger partial charge is 0.217 e. The van der Waals surface area contributed by atoms with E-state index in [1.54, 1.807) is 13.3 Å². The normalized spacial score (nSPS) is 16.5. The van der Waals surface area contributed by atoms with Crippen LogP contribution in [0.5, 0.6) is 5.88 Å². The molecular weight excluding hydrogens is 242 g/mol. The predicted molar refractivity (Wildman–Crippen MR) is 74.4 cm³/mol. The third kappa shape index (κ3) is 4.78. The lowest BCUT2D eigenvalue weighted by atomic mass is 10.2. The van der Waals surface area contributed by atoms with Gasteiger partial charge in [0.25, 0.3) is 0 Å². The first kappa shape index (κ1) is 14.2. The number of nitrogens with one attached hydrogen (secondary N) is 1. The van der Waals surface area contributed by atoms with Crippen molar-refractivity contribution >= 4 is 0 Å². The van der Waals surface area contributed by atoms with Crippen LogP contribution in [0.3, 0.4) is 0 Å². The van der Waals surface area contributed by atoms with Crippen LogP contribution >= 0.6 is 0 Å². The van der Waals surface area contributed by atoms with Gasteiger partial charge in [0.2, 0.25) is 5.88 Å². The lowest BCUT2D eigenvalue weighted by Gasteiger charge is -2.26. The zero-order valence-electron chi connectivity index (χ0n) is 11.6. The van der Waals surface area contributed by atoms with Gasteiger partial charge in [-0.05, 0) is 25.6 Å². The summed E-state index contributed by atoms with van der Waals surface area (Å²) >= 11 is 0. The molecular formula is C14H23N3O2. The summed E-state index contributed by atoms with van der Waals surface area (Å²) in [5.74, 6) is 0.711. The Labute approximate surface area is 114 Å². The third-order valence-electron chi connectivity index (χ3n) is 3.29. The molecule has 1 fully saturated rings. The Hall–Kier alpha value is -1.17. The van der Waals surface area contributed by atoms with E-state index in [-0.39, 0.29) is 0 Å². The van der Waals surface area contributed by atoms with Crippen molar-refractivity contribution in [3.05, 3.63) is 23.9 Å². The molecule has 1 aromatic heterocycles. The first-order valence-electron chi connectivity index (χ1n) is 6.89. The number of ether oxygens (including phenoxy) is 2. The van der Waals surface area contributed by atoms with Gasteiger partial charge in [-0.1, -0.05) is 6.07 Å². The number of aromatic nitrogens is 1. The van der Waals surface area contributed by atoms with Crippen molar-refractivity contribution in [2.24, 2.45) is 0 Å². The highest BCUT2D eigenvalue weighted by Gasteiger charge is 2.09. The van der Waals surface area contributed by atoms with Crippen LogP contribution in [-0.4, -0.2) is 56.4 Å². The van der Waals surface area contributed by atoms with Gasteiger partial charge in [-0.3, -0.25) is 4.90 Å². The maximum absolute atomic E-state index is 5.33. The minimum absolute atomic E-state index is 0.711. The molecule has 1 aliphatic heterocycles. The molecule has 1 saturated heterocycles. The average Bonchev–Trinajstić information content (AvgIpc) is 2.48. The Morgan fingerprint density at radius 2 is 2.26 bits per heavy atom. The SMILES string of the molecule is COc1ncccc1CNCCCN1CCOCC1. The molecule has 0 aliphatic carbocycles. The van der Waals surface area contributed by atoms with Crippen molar-refractivity contribution in [2.45, 2.75) is 13.0 Å². The molecule has 106 valence electrons. The van der Waals surface area contributed by atoms with E-state index in [2.05, 4.69) is 15.2 Å². The summed E-state index contributed by atoms with van der Waals surface area (Å²) in [6.07, 6.45) is 2.91. The van der Waals surface area contributed by atoms with Crippen LogP contribution in [0.15, 0.2) is 18.3 Å². The Kier molecular flexibility index (Phi) is 6.07. The highest BCUT2D eigenvalue weighted by Crippen LogP contribution is 2.12. The summed E-state index contributed by atoms with van der Waals surface area (Å²) in [5, 5.41) is 3.44.